The van der Waals surface area contributed by atoms with E-state index in [0.717, 1.165) is 0 Å². The Bertz CT molecular complexity index is 324. The van der Waals surface area contributed by atoms with Gasteiger partial charge in [0.05, 0.1) is 7.29 Å². The summed E-state index contributed by atoms with van der Waals surface area (Å²) in [5.74, 6) is 0. The summed E-state index contributed by atoms with van der Waals surface area (Å²) in [7, 11) is 0.0278. The standard InChI is InChI=1S/C12H10.Cl2HP/c1-3-7-11(8-4-1)12-9-5-2-6-10-12;1-3-2/h1-10H;3H. The van der Waals surface area contributed by atoms with Gasteiger partial charge in [0, 0.05) is 0 Å². The van der Waals surface area contributed by atoms with E-state index in [9.17, 15) is 0 Å². The van der Waals surface area contributed by atoms with Crippen LogP contribution < -0.4 is 0 Å². The van der Waals surface area contributed by atoms with Crippen molar-refractivity contribution in [3.05, 3.63) is 60.7 Å². The zero-order valence-electron chi connectivity index (χ0n) is 8.03. The van der Waals surface area contributed by atoms with Crippen LogP contribution in [0.3, 0.4) is 0 Å². The minimum Gasteiger partial charge on any atom is -0.0818 e. The zero-order valence-corrected chi connectivity index (χ0v) is 10.5. The molecule has 0 atom stereocenters. The van der Waals surface area contributed by atoms with Crippen molar-refractivity contribution in [2.75, 3.05) is 0 Å². The highest BCUT2D eigenvalue weighted by Gasteiger charge is 1.91. The monoisotopic (exact) mass is 256 g/mol. The average Bonchev–Trinajstić information content (AvgIpc) is 2.32. The first kappa shape index (κ1) is 12.5. The van der Waals surface area contributed by atoms with Gasteiger partial charge in [0.2, 0.25) is 0 Å². The van der Waals surface area contributed by atoms with E-state index < -0.39 is 0 Å². The zero-order chi connectivity index (χ0) is 10.9. The van der Waals surface area contributed by atoms with Gasteiger partial charge in [-0.25, -0.2) is 0 Å². The minimum absolute atomic E-state index is 0.0278. The molecule has 0 aliphatic rings. The molecule has 0 fully saturated rings. The smallest absolute Gasteiger partial charge is 0.0713 e. The Morgan fingerprint density at radius 2 is 0.867 bits per heavy atom. The van der Waals surface area contributed by atoms with Gasteiger partial charge in [-0.2, -0.15) is 0 Å². The van der Waals surface area contributed by atoms with Crippen LogP contribution in [-0.2, 0) is 0 Å². The fourth-order valence-corrected chi connectivity index (χ4v) is 1.26. The molecule has 0 spiro atoms. The van der Waals surface area contributed by atoms with Crippen molar-refractivity contribution in [1.82, 2.24) is 0 Å². The van der Waals surface area contributed by atoms with Crippen molar-refractivity contribution in [3.63, 3.8) is 0 Å². The molecule has 0 bridgehead atoms. The van der Waals surface area contributed by atoms with Gasteiger partial charge in [-0.1, -0.05) is 83.1 Å². The van der Waals surface area contributed by atoms with Crippen molar-refractivity contribution in [2.24, 2.45) is 0 Å². The molecule has 0 amide bonds. The first-order valence-corrected chi connectivity index (χ1v) is 7.47. The van der Waals surface area contributed by atoms with E-state index >= 15 is 0 Å². The first-order valence-electron chi connectivity index (χ1n) is 4.45. The lowest BCUT2D eigenvalue weighted by Gasteiger charge is -1.98. The van der Waals surface area contributed by atoms with Crippen LogP contribution in [0.25, 0.3) is 11.1 Å². The van der Waals surface area contributed by atoms with Gasteiger partial charge in [-0.05, 0) is 11.1 Å². The normalized spacial score (nSPS) is 8.93. The fourth-order valence-electron chi connectivity index (χ4n) is 1.26. The van der Waals surface area contributed by atoms with Gasteiger partial charge < -0.3 is 0 Å². The minimum atomic E-state index is 0.0278. The summed E-state index contributed by atoms with van der Waals surface area (Å²) in [6.07, 6.45) is 0. The van der Waals surface area contributed by atoms with Gasteiger partial charge in [0.1, 0.15) is 0 Å². The maximum absolute atomic E-state index is 4.79. The van der Waals surface area contributed by atoms with Crippen LogP contribution in [0.4, 0.5) is 0 Å². The lowest BCUT2D eigenvalue weighted by Crippen LogP contribution is -1.73. The van der Waals surface area contributed by atoms with E-state index in [0.29, 0.717) is 0 Å². The van der Waals surface area contributed by atoms with Crippen molar-refractivity contribution < 1.29 is 0 Å². The van der Waals surface area contributed by atoms with Gasteiger partial charge >= 0.3 is 0 Å². The maximum Gasteiger partial charge on any atom is 0.0713 e. The molecule has 2 rings (SSSR count). The van der Waals surface area contributed by atoms with Crippen LogP contribution in [0.5, 0.6) is 0 Å². The van der Waals surface area contributed by atoms with Gasteiger partial charge in [-0.15, -0.1) is 0 Å². The molecule has 0 N–H and O–H groups in total. The molecular formula is C12H11Cl2P. The van der Waals surface area contributed by atoms with Crippen LogP contribution in [0.2, 0.25) is 0 Å². The van der Waals surface area contributed by atoms with E-state index in [1.54, 1.807) is 0 Å². The molecule has 0 saturated heterocycles. The van der Waals surface area contributed by atoms with Gasteiger partial charge in [0.15, 0.2) is 0 Å². The molecule has 2 aromatic carbocycles. The predicted molar refractivity (Wildman–Crippen MR) is 71.9 cm³/mol. The van der Waals surface area contributed by atoms with Crippen LogP contribution in [-0.4, -0.2) is 0 Å². The highest BCUT2D eigenvalue weighted by atomic mass is 35.9. The summed E-state index contributed by atoms with van der Waals surface area (Å²) in [5, 5.41) is 0. The first-order chi connectivity index (χ1) is 7.38. The summed E-state index contributed by atoms with van der Waals surface area (Å²) in [6.45, 7) is 0. The molecule has 0 unspecified atom stereocenters. The third kappa shape index (κ3) is 4.66. The Morgan fingerprint density at radius 1 is 0.600 bits per heavy atom. The summed E-state index contributed by atoms with van der Waals surface area (Å²) in [5.41, 5.74) is 2.55. The van der Waals surface area contributed by atoms with Gasteiger partial charge in [-0.3, -0.25) is 0 Å². The highest BCUT2D eigenvalue weighted by Crippen LogP contribution is 2.19. The molecule has 0 radical (unpaired) electrons. The number of rotatable bonds is 1. The Balaban J connectivity index is 0.000000337. The van der Waals surface area contributed by atoms with Crippen molar-refractivity contribution in [1.29, 1.82) is 0 Å². The molecule has 2 aromatic rings. The third-order valence-corrected chi connectivity index (χ3v) is 1.88. The molecular weight excluding hydrogens is 246 g/mol. The number of halogens is 2. The summed E-state index contributed by atoms with van der Waals surface area (Å²) in [4.78, 5) is 0. The van der Waals surface area contributed by atoms with Crippen LogP contribution in [0, 0.1) is 0 Å². The lowest BCUT2D eigenvalue weighted by atomic mass is 10.1. The number of hydrogen-bond acceptors (Lipinski definition) is 0. The van der Waals surface area contributed by atoms with Crippen LogP contribution >= 0.6 is 29.8 Å². The largest absolute Gasteiger partial charge is 0.0818 e. The molecule has 0 aliphatic carbocycles. The highest BCUT2D eigenvalue weighted by molar-refractivity contribution is 7.90. The molecule has 0 nitrogen and oxygen atoms in total. The molecule has 78 valence electrons. The predicted octanol–water partition coefficient (Wildman–Crippen LogP) is 5.33. The quantitative estimate of drug-likeness (QED) is 0.606. The van der Waals surface area contributed by atoms with Crippen molar-refractivity contribution in [2.45, 2.75) is 0 Å². The third-order valence-electron chi connectivity index (χ3n) is 1.88. The molecule has 0 saturated carbocycles. The Hall–Kier alpha value is -0.550. The second kappa shape index (κ2) is 7.70. The van der Waals surface area contributed by atoms with Crippen LogP contribution in [0.15, 0.2) is 60.7 Å². The SMILES string of the molecule is ClPCl.c1ccc(-c2ccccc2)cc1. The summed E-state index contributed by atoms with van der Waals surface area (Å²) >= 11 is 9.58. The van der Waals surface area contributed by atoms with E-state index in [1.165, 1.54) is 11.1 Å². The van der Waals surface area contributed by atoms with Gasteiger partial charge in [0.25, 0.3) is 0 Å². The van der Waals surface area contributed by atoms with E-state index in [-0.39, 0.29) is 7.29 Å². The van der Waals surface area contributed by atoms with Crippen molar-refractivity contribution >= 4 is 29.8 Å². The van der Waals surface area contributed by atoms with Crippen LogP contribution in [0.1, 0.15) is 0 Å². The van der Waals surface area contributed by atoms with E-state index in [2.05, 4.69) is 48.5 Å². The number of hydrogen-bond donors (Lipinski definition) is 0. The molecule has 3 heteroatoms. The average molecular weight is 257 g/mol. The topological polar surface area (TPSA) is 0 Å². The molecule has 0 aliphatic heterocycles. The summed E-state index contributed by atoms with van der Waals surface area (Å²) in [6, 6.07) is 20.8. The Morgan fingerprint density at radius 3 is 1.13 bits per heavy atom. The lowest BCUT2D eigenvalue weighted by molar-refractivity contribution is 1.62. The second-order valence-electron chi connectivity index (χ2n) is 2.80. The maximum atomic E-state index is 4.79. The molecule has 15 heavy (non-hydrogen) atoms. The van der Waals surface area contributed by atoms with E-state index in [4.69, 9.17) is 22.5 Å². The molecule has 0 aromatic heterocycles. The summed E-state index contributed by atoms with van der Waals surface area (Å²) < 4.78 is 0. The van der Waals surface area contributed by atoms with E-state index in [1.807, 2.05) is 12.1 Å². The fraction of sp³-hybridized carbons (Fsp3) is 0. The molecule has 0 heterocycles. The second-order valence-corrected chi connectivity index (χ2v) is 4.66. The van der Waals surface area contributed by atoms with Crippen molar-refractivity contribution in [3.8, 4) is 11.1 Å². The Labute approximate surface area is 102 Å². The Kier molecular flexibility index (Phi) is 6.43. The number of benzene rings is 2.